The highest BCUT2D eigenvalue weighted by Crippen LogP contribution is 2.25. The number of hydrogen-bond donors (Lipinski definition) is 1. The van der Waals surface area contributed by atoms with Crippen LogP contribution in [0.25, 0.3) is 0 Å². The van der Waals surface area contributed by atoms with E-state index in [-0.39, 0.29) is 22.6 Å². The van der Waals surface area contributed by atoms with Gasteiger partial charge in [0, 0.05) is 38.0 Å². The number of hydroxylamine groups is 1. The van der Waals surface area contributed by atoms with Gasteiger partial charge in [0.25, 0.3) is 5.91 Å². The minimum Gasteiger partial charge on any atom is -0.481 e. The van der Waals surface area contributed by atoms with E-state index in [4.69, 9.17) is 16.5 Å². The second-order valence-corrected chi connectivity index (χ2v) is 10.7. The van der Waals surface area contributed by atoms with Crippen LogP contribution in [0.5, 0.6) is 5.75 Å². The Morgan fingerprint density at radius 3 is 2.31 bits per heavy atom. The highest BCUT2D eigenvalue weighted by molar-refractivity contribution is 7.89. The molecule has 0 bridgehead atoms. The van der Waals surface area contributed by atoms with Crippen molar-refractivity contribution >= 4 is 27.7 Å². The van der Waals surface area contributed by atoms with E-state index in [1.54, 1.807) is 20.8 Å². The summed E-state index contributed by atoms with van der Waals surface area (Å²) in [6.07, 6.45) is 0. The maximum absolute atomic E-state index is 13.6. The summed E-state index contributed by atoms with van der Waals surface area (Å²) in [6, 6.07) is 4.58. The molecule has 11 heteroatoms. The maximum atomic E-state index is 13.6. The number of likely N-dealkylation sites (N-methyl/N-ethyl adjacent to an activating group) is 1. The second-order valence-electron chi connectivity index (χ2n) is 8.46. The summed E-state index contributed by atoms with van der Waals surface area (Å²) in [5.41, 5.74) is 0. The average molecular weight is 525 g/mol. The molecule has 192 valence electrons. The molecule has 35 heavy (non-hydrogen) atoms. The summed E-state index contributed by atoms with van der Waals surface area (Å²) in [5.74, 6) is 10.4. The van der Waals surface area contributed by atoms with Crippen molar-refractivity contribution in [3.8, 4) is 29.4 Å². The Hall–Kier alpha value is -2.31. The zero-order valence-corrected chi connectivity index (χ0v) is 22.1. The van der Waals surface area contributed by atoms with E-state index in [1.807, 2.05) is 0 Å². The Morgan fingerprint density at radius 1 is 1.14 bits per heavy atom. The molecule has 9 nitrogen and oxygen atoms in total. The van der Waals surface area contributed by atoms with Crippen LogP contribution in [0.4, 0.5) is 0 Å². The van der Waals surface area contributed by atoms with Gasteiger partial charge >= 0.3 is 0 Å². The molecule has 1 saturated heterocycles. The predicted octanol–water partition coefficient (Wildman–Crippen LogP) is 1.73. The second kappa shape index (κ2) is 13.7. The third kappa shape index (κ3) is 8.39. The SMILES string of the molecule is CC#CCOc1ccc(S(=O)(=O)N(CC#CCN2CCN(C)CC2)C(C(=O)N(O)Cl)C(C)C)cc1. The first-order valence-electron chi connectivity index (χ1n) is 11.3. The normalized spacial score (nSPS) is 15.7. The summed E-state index contributed by atoms with van der Waals surface area (Å²) in [7, 11) is -2.11. The molecule has 1 fully saturated rings. The number of hydrogen-bond acceptors (Lipinski definition) is 7. The van der Waals surface area contributed by atoms with Crippen molar-refractivity contribution in [1.29, 1.82) is 0 Å². The van der Waals surface area contributed by atoms with Crippen molar-refractivity contribution in [3.05, 3.63) is 24.3 Å². The van der Waals surface area contributed by atoms with Crippen LogP contribution in [-0.4, -0.2) is 97.2 Å². The number of sulfonamides is 1. The number of halogens is 1. The Kier molecular flexibility index (Phi) is 11.3. The van der Waals surface area contributed by atoms with E-state index in [2.05, 4.69) is 40.5 Å². The van der Waals surface area contributed by atoms with Crippen molar-refractivity contribution in [2.75, 3.05) is 52.9 Å². The van der Waals surface area contributed by atoms with Gasteiger partial charge in [-0.1, -0.05) is 31.6 Å². The maximum Gasteiger partial charge on any atom is 0.280 e. The minimum absolute atomic E-state index is 0.0372. The number of rotatable bonds is 9. The average Bonchev–Trinajstić information content (AvgIpc) is 2.82. The summed E-state index contributed by atoms with van der Waals surface area (Å²) >= 11 is 5.51. The van der Waals surface area contributed by atoms with Gasteiger partial charge in [0.2, 0.25) is 10.0 Å². The van der Waals surface area contributed by atoms with Gasteiger partial charge in [-0.2, -0.15) is 4.31 Å². The fraction of sp³-hybridized carbons (Fsp3) is 0.542. The summed E-state index contributed by atoms with van der Waals surface area (Å²) < 4.78 is 33.5. The van der Waals surface area contributed by atoms with E-state index in [0.29, 0.717) is 12.3 Å². The minimum atomic E-state index is -4.17. The lowest BCUT2D eigenvalue weighted by molar-refractivity contribution is -0.151. The van der Waals surface area contributed by atoms with Gasteiger partial charge in [-0.05, 0) is 44.2 Å². The number of amides is 1. The molecular formula is C24H33ClN4O5S. The molecule has 1 aliphatic rings. The van der Waals surface area contributed by atoms with Crippen molar-refractivity contribution in [3.63, 3.8) is 0 Å². The first-order valence-corrected chi connectivity index (χ1v) is 13.0. The van der Waals surface area contributed by atoms with E-state index in [9.17, 15) is 18.4 Å². The van der Waals surface area contributed by atoms with Gasteiger partial charge in [-0.3, -0.25) is 14.9 Å². The largest absolute Gasteiger partial charge is 0.481 e. The number of ether oxygens (including phenoxy) is 1. The smallest absolute Gasteiger partial charge is 0.280 e. The van der Waals surface area contributed by atoms with Crippen LogP contribution in [-0.2, 0) is 14.8 Å². The Bertz CT molecular complexity index is 1060. The molecule has 1 amide bonds. The molecule has 1 aromatic rings. The van der Waals surface area contributed by atoms with Crippen molar-refractivity contribution in [1.82, 2.24) is 18.7 Å². The number of carbonyl (C=O) groups is 1. The van der Waals surface area contributed by atoms with Crippen molar-refractivity contribution < 1.29 is 23.2 Å². The molecule has 0 radical (unpaired) electrons. The molecule has 1 N–H and O–H groups in total. The van der Waals surface area contributed by atoms with Gasteiger partial charge in [0.05, 0.1) is 18.0 Å². The Labute approximate surface area is 213 Å². The molecule has 1 unspecified atom stereocenters. The van der Waals surface area contributed by atoms with Crippen LogP contribution in [0.3, 0.4) is 0 Å². The standard InChI is InChI=1S/C24H33ClN4O5S/c1-5-6-19-34-21-9-11-22(12-10-21)35(32,33)28(23(20(2)3)24(30)29(25)31)14-8-7-13-27-17-15-26(4)16-18-27/h9-12,20,23,31H,13-19H2,1-4H3. The number of benzene rings is 1. The van der Waals surface area contributed by atoms with E-state index in [0.717, 1.165) is 30.5 Å². The topological polar surface area (TPSA) is 93.6 Å². The zero-order chi connectivity index (χ0) is 26.0. The van der Waals surface area contributed by atoms with Gasteiger partial charge in [-0.15, -0.1) is 10.5 Å². The van der Waals surface area contributed by atoms with Crippen LogP contribution in [0.2, 0.25) is 0 Å². The van der Waals surface area contributed by atoms with Crippen LogP contribution in [0.1, 0.15) is 20.8 Å². The Morgan fingerprint density at radius 2 is 1.77 bits per heavy atom. The molecule has 1 heterocycles. The molecule has 1 aliphatic heterocycles. The zero-order valence-electron chi connectivity index (χ0n) is 20.6. The molecule has 0 aliphatic carbocycles. The lowest BCUT2D eigenvalue weighted by Crippen LogP contribution is -2.51. The number of carbonyl (C=O) groups excluding carboxylic acids is 1. The lowest BCUT2D eigenvalue weighted by atomic mass is 10.0. The third-order valence-electron chi connectivity index (χ3n) is 5.55. The van der Waals surface area contributed by atoms with E-state index < -0.39 is 27.9 Å². The molecule has 1 atom stereocenters. The Balaban J connectivity index is 2.30. The molecule has 0 saturated carbocycles. The third-order valence-corrected chi connectivity index (χ3v) is 7.56. The first-order chi connectivity index (χ1) is 16.6. The quantitative estimate of drug-likeness (QED) is 0.227. The molecule has 0 aromatic heterocycles. The highest BCUT2D eigenvalue weighted by Gasteiger charge is 2.39. The summed E-state index contributed by atoms with van der Waals surface area (Å²) in [6.45, 7) is 9.14. The fourth-order valence-electron chi connectivity index (χ4n) is 3.53. The van der Waals surface area contributed by atoms with Crippen LogP contribution in [0, 0.1) is 29.6 Å². The summed E-state index contributed by atoms with van der Waals surface area (Å²) in [5, 5.41) is 9.58. The molecule has 2 rings (SSSR count). The van der Waals surface area contributed by atoms with Gasteiger partial charge in [0.15, 0.2) is 0 Å². The van der Waals surface area contributed by atoms with Gasteiger partial charge < -0.3 is 9.64 Å². The molecule has 1 aromatic carbocycles. The lowest BCUT2D eigenvalue weighted by Gasteiger charge is -2.32. The van der Waals surface area contributed by atoms with Gasteiger partial charge in [0.1, 0.15) is 18.4 Å². The predicted molar refractivity (Wildman–Crippen MR) is 134 cm³/mol. The molecular weight excluding hydrogens is 492 g/mol. The van der Waals surface area contributed by atoms with Crippen LogP contribution in [0.15, 0.2) is 29.2 Å². The highest BCUT2D eigenvalue weighted by atomic mass is 35.5. The van der Waals surface area contributed by atoms with Crippen molar-refractivity contribution in [2.24, 2.45) is 5.92 Å². The van der Waals surface area contributed by atoms with Gasteiger partial charge in [-0.25, -0.2) is 8.42 Å². The monoisotopic (exact) mass is 524 g/mol. The van der Waals surface area contributed by atoms with E-state index in [1.165, 1.54) is 24.3 Å². The van der Waals surface area contributed by atoms with Crippen LogP contribution >= 0.6 is 11.8 Å². The molecule has 0 spiro atoms. The number of piperazine rings is 1. The number of nitrogens with zero attached hydrogens (tertiary/aromatic N) is 4. The summed E-state index contributed by atoms with van der Waals surface area (Å²) in [4.78, 5) is 17.0. The fourth-order valence-corrected chi connectivity index (χ4v) is 5.24. The first kappa shape index (κ1) is 28.9. The van der Waals surface area contributed by atoms with E-state index >= 15 is 0 Å². The van der Waals surface area contributed by atoms with Crippen LogP contribution < -0.4 is 4.74 Å². The van der Waals surface area contributed by atoms with Crippen molar-refractivity contribution in [2.45, 2.75) is 31.7 Å².